The molecule has 2 rings (SSSR count). The maximum Gasteiger partial charge on any atom is 0.246 e. The van der Waals surface area contributed by atoms with Crippen LogP contribution in [-0.2, 0) is 10.0 Å². The lowest BCUT2D eigenvalue weighted by atomic mass is 10.1. The van der Waals surface area contributed by atoms with Crippen LogP contribution in [0.5, 0.6) is 0 Å². The zero-order chi connectivity index (χ0) is 11.8. The summed E-state index contributed by atoms with van der Waals surface area (Å²) in [6, 6.07) is 0.00782. The molecule has 0 saturated carbocycles. The molecule has 16 heavy (non-hydrogen) atoms. The van der Waals surface area contributed by atoms with Crippen LogP contribution >= 0.6 is 0 Å². The normalized spacial score (nSPS) is 27.4. The lowest BCUT2D eigenvalue weighted by Crippen LogP contribution is -2.34. The van der Waals surface area contributed by atoms with E-state index in [0.29, 0.717) is 13.1 Å². The highest BCUT2D eigenvalue weighted by Crippen LogP contribution is 2.28. The van der Waals surface area contributed by atoms with E-state index in [-0.39, 0.29) is 16.9 Å². The smallest absolute Gasteiger partial charge is 0.246 e. The average molecular weight is 244 g/mol. The SMILES string of the molecule is CC1CC(CN)CN1S(=O)(=O)c1cn[nH]c1. The van der Waals surface area contributed by atoms with E-state index in [1.807, 2.05) is 6.92 Å². The van der Waals surface area contributed by atoms with Gasteiger partial charge in [0.15, 0.2) is 0 Å². The van der Waals surface area contributed by atoms with Crippen molar-refractivity contribution in [2.24, 2.45) is 11.7 Å². The summed E-state index contributed by atoms with van der Waals surface area (Å²) in [5, 5.41) is 6.19. The summed E-state index contributed by atoms with van der Waals surface area (Å²) in [6.45, 7) is 2.94. The molecular formula is C9H16N4O2S. The van der Waals surface area contributed by atoms with Crippen LogP contribution in [0.25, 0.3) is 0 Å². The van der Waals surface area contributed by atoms with Crippen LogP contribution in [0, 0.1) is 5.92 Å². The molecular weight excluding hydrogens is 228 g/mol. The number of sulfonamides is 1. The molecule has 0 amide bonds. The van der Waals surface area contributed by atoms with Crippen LogP contribution in [0.3, 0.4) is 0 Å². The van der Waals surface area contributed by atoms with E-state index in [1.54, 1.807) is 0 Å². The van der Waals surface area contributed by atoms with Crippen LogP contribution < -0.4 is 5.73 Å². The quantitative estimate of drug-likeness (QED) is 0.768. The highest BCUT2D eigenvalue weighted by Gasteiger charge is 2.37. The van der Waals surface area contributed by atoms with Gasteiger partial charge in [0.25, 0.3) is 0 Å². The predicted octanol–water partition coefficient (Wildman–Crippen LogP) is -0.232. The van der Waals surface area contributed by atoms with Crippen molar-refractivity contribution >= 4 is 10.0 Å². The highest BCUT2D eigenvalue weighted by atomic mass is 32.2. The molecule has 90 valence electrons. The lowest BCUT2D eigenvalue weighted by Gasteiger charge is -2.19. The maximum absolute atomic E-state index is 12.2. The molecule has 0 aliphatic carbocycles. The van der Waals surface area contributed by atoms with Gasteiger partial charge in [-0.1, -0.05) is 0 Å². The van der Waals surface area contributed by atoms with Crippen LogP contribution in [0.4, 0.5) is 0 Å². The molecule has 1 aromatic rings. The van der Waals surface area contributed by atoms with Crippen molar-refractivity contribution < 1.29 is 8.42 Å². The predicted molar refractivity (Wildman–Crippen MR) is 59.1 cm³/mol. The second-order valence-electron chi connectivity index (χ2n) is 4.20. The number of aromatic amines is 1. The van der Waals surface area contributed by atoms with Crippen molar-refractivity contribution in [2.45, 2.75) is 24.3 Å². The van der Waals surface area contributed by atoms with E-state index in [4.69, 9.17) is 5.73 Å². The minimum Gasteiger partial charge on any atom is -0.330 e. The minimum absolute atomic E-state index is 0.00782. The third-order valence-electron chi connectivity index (χ3n) is 3.02. The minimum atomic E-state index is -3.40. The van der Waals surface area contributed by atoms with Gasteiger partial charge in [0.1, 0.15) is 4.90 Å². The van der Waals surface area contributed by atoms with Crippen LogP contribution in [0.2, 0.25) is 0 Å². The van der Waals surface area contributed by atoms with E-state index in [9.17, 15) is 8.42 Å². The van der Waals surface area contributed by atoms with Gasteiger partial charge in [-0.15, -0.1) is 0 Å². The Morgan fingerprint density at radius 1 is 1.69 bits per heavy atom. The first-order valence-corrected chi connectivity index (χ1v) is 6.70. The van der Waals surface area contributed by atoms with Crippen molar-refractivity contribution in [1.29, 1.82) is 0 Å². The maximum atomic E-state index is 12.2. The summed E-state index contributed by atoms with van der Waals surface area (Å²) in [5.74, 6) is 0.261. The topological polar surface area (TPSA) is 92.1 Å². The summed E-state index contributed by atoms with van der Waals surface area (Å²) in [4.78, 5) is 0.219. The summed E-state index contributed by atoms with van der Waals surface area (Å²) < 4.78 is 25.9. The molecule has 0 spiro atoms. The molecule has 0 radical (unpaired) electrons. The molecule has 2 unspecified atom stereocenters. The Balaban J connectivity index is 2.26. The van der Waals surface area contributed by atoms with Gasteiger partial charge in [-0.25, -0.2) is 8.42 Å². The number of nitrogens with one attached hydrogen (secondary N) is 1. The van der Waals surface area contributed by atoms with Crippen LogP contribution in [-0.4, -0.2) is 42.1 Å². The van der Waals surface area contributed by atoms with E-state index < -0.39 is 10.0 Å². The third-order valence-corrected chi connectivity index (χ3v) is 4.96. The summed E-state index contributed by atoms with van der Waals surface area (Å²) in [6.07, 6.45) is 3.56. The number of rotatable bonds is 3. The average Bonchev–Trinajstić information content (AvgIpc) is 2.85. The van der Waals surface area contributed by atoms with Gasteiger partial charge in [-0.05, 0) is 25.8 Å². The fourth-order valence-electron chi connectivity index (χ4n) is 2.13. The molecule has 1 aliphatic heterocycles. The first-order valence-electron chi connectivity index (χ1n) is 5.26. The van der Waals surface area contributed by atoms with Crippen molar-refractivity contribution in [3.05, 3.63) is 12.4 Å². The zero-order valence-corrected chi connectivity index (χ0v) is 9.94. The van der Waals surface area contributed by atoms with E-state index >= 15 is 0 Å². The molecule has 1 saturated heterocycles. The fourth-order valence-corrected chi connectivity index (χ4v) is 3.76. The van der Waals surface area contributed by atoms with Crippen molar-refractivity contribution in [1.82, 2.24) is 14.5 Å². The molecule has 2 atom stereocenters. The first-order chi connectivity index (χ1) is 7.55. The van der Waals surface area contributed by atoms with Gasteiger partial charge in [0, 0.05) is 18.8 Å². The zero-order valence-electron chi connectivity index (χ0n) is 9.13. The van der Waals surface area contributed by atoms with Gasteiger partial charge >= 0.3 is 0 Å². The Bertz CT molecular complexity index is 442. The Hall–Kier alpha value is -0.920. The van der Waals surface area contributed by atoms with Gasteiger partial charge in [-0.3, -0.25) is 5.10 Å². The Morgan fingerprint density at radius 3 is 2.94 bits per heavy atom. The fraction of sp³-hybridized carbons (Fsp3) is 0.667. The summed E-state index contributed by atoms with van der Waals surface area (Å²) in [5.41, 5.74) is 5.58. The standard InChI is InChI=1S/C9H16N4O2S/c1-7-2-8(3-10)6-13(7)16(14,15)9-4-11-12-5-9/h4-5,7-8H,2-3,6,10H2,1H3,(H,11,12). The number of aromatic nitrogens is 2. The lowest BCUT2D eigenvalue weighted by molar-refractivity contribution is 0.404. The molecule has 3 N–H and O–H groups in total. The summed E-state index contributed by atoms with van der Waals surface area (Å²) >= 11 is 0. The van der Waals surface area contributed by atoms with Gasteiger partial charge in [0.2, 0.25) is 10.0 Å². The molecule has 1 fully saturated rings. The molecule has 7 heteroatoms. The Morgan fingerprint density at radius 2 is 2.44 bits per heavy atom. The van der Waals surface area contributed by atoms with Crippen molar-refractivity contribution in [2.75, 3.05) is 13.1 Å². The number of nitrogens with two attached hydrogens (primary N) is 1. The van der Waals surface area contributed by atoms with E-state index in [2.05, 4.69) is 10.2 Å². The second-order valence-corrected chi connectivity index (χ2v) is 6.09. The van der Waals surface area contributed by atoms with Gasteiger partial charge < -0.3 is 5.73 Å². The first kappa shape index (κ1) is 11.6. The molecule has 1 aromatic heterocycles. The van der Waals surface area contributed by atoms with E-state index in [1.165, 1.54) is 16.7 Å². The molecule has 2 heterocycles. The molecule has 1 aliphatic rings. The number of hydrogen-bond donors (Lipinski definition) is 2. The molecule has 0 aromatic carbocycles. The van der Waals surface area contributed by atoms with Crippen LogP contribution in [0.15, 0.2) is 17.3 Å². The van der Waals surface area contributed by atoms with Crippen LogP contribution in [0.1, 0.15) is 13.3 Å². The number of nitrogens with zero attached hydrogens (tertiary/aromatic N) is 2. The number of H-pyrrole nitrogens is 1. The van der Waals surface area contributed by atoms with Gasteiger partial charge in [-0.2, -0.15) is 9.40 Å². The Kier molecular flexibility index (Phi) is 3.00. The van der Waals surface area contributed by atoms with E-state index in [0.717, 1.165) is 6.42 Å². The monoisotopic (exact) mass is 244 g/mol. The summed E-state index contributed by atoms with van der Waals surface area (Å²) in [7, 11) is -3.40. The third kappa shape index (κ3) is 1.85. The largest absolute Gasteiger partial charge is 0.330 e. The molecule has 6 nitrogen and oxygen atoms in total. The number of hydrogen-bond acceptors (Lipinski definition) is 4. The highest BCUT2D eigenvalue weighted by molar-refractivity contribution is 7.89. The Labute approximate surface area is 94.9 Å². The van der Waals surface area contributed by atoms with Gasteiger partial charge in [0.05, 0.1) is 6.20 Å². The second kappa shape index (κ2) is 4.15. The molecule has 0 bridgehead atoms. The van der Waals surface area contributed by atoms with Crippen molar-refractivity contribution in [3.8, 4) is 0 Å². The van der Waals surface area contributed by atoms with Crippen molar-refractivity contribution in [3.63, 3.8) is 0 Å².